The van der Waals surface area contributed by atoms with Crippen LogP contribution in [0.3, 0.4) is 0 Å². The van der Waals surface area contributed by atoms with Crippen molar-refractivity contribution in [2.24, 2.45) is 0 Å². The third-order valence-electron chi connectivity index (χ3n) is 6.51. The molecule has 0 spiro atoms. The fourth-order valence-corrected chi connectivity index (χ4v) is 7.04. The molecule has 34 heavy (non-hydrogen) atoms. The van der Waals surface area contributed by atoms with Gasteiger partial charge in [-0.3, -0.25) is 0 Å². The molecule has 1 aliphatic carbocycles. The van der Waals surface area contributed by atoms with Crippen molar-refractivity contribution < 1.29 is 0 Å². The molecule has 1 aliphatic rings. The van der Waals surface area contributed by atoms with Crippen LogP contribution in [-0.2, 0) is 0 Å². The summed E-state index contributed by atoms with van der Waals surface area (Å²) < 4.78 is 0. The monoisotopic (exact) mass is 452 g/mol. The van der Waals surface area contributed by atoms with E-state index in [-0.39, 0.29) is 0 Å². The molecule has 0 amide bonds. The van der Waals surface area contributed by atoms with Crippen molar-refractivity contribution in [3.8, 4) is 0 Å². The van der Waals surface area contributed by atoms with E-state index in [0.29, 0.717) is 0 Å². The van der Waals surface area contributed by atoms with Crippen LogP contribution in [0.5, 0.6) is 0 Å². The minimum absolute atomic E-state index is 0.626. The van der Waals surface area contributed by atoms with E-state index in [2.05, 4.69) is 139 Å². The molecule has 0 saturated heterocycles. The van der Waals surface area contributed by atoms with Crippen molar-refractivity contribution in [2.75, 3.05) is 0 Å². The van der Waals surface area contributed by atoms with Gasteiger partial charge in [0.05, 0.1) is 0 Å². The quantitative estimate of drug-likeness (QED) is 0.283. The lowest BCUT2D eigenvalue weighted by Crippen LogP contribution is -2.30. The Morgan fingerprint density at radius 1 is 0.559 bits per heavy atom. The molecule has 0 aliphatic heterocycles. The Bertz CT molecular complexity index is 1570. The van der Waals surface area contributed by atoms with Crippen LogP contribution in [0.4, 0.5) is 0 Å². The highest BCUT2D eigenvalue weighted by Gasteiger charge is 2.19. The summed E-state index contributed by atoms with van der Waals surface area (Å²) in [5.41, 5.74) is 4.10. The molecule has 0 aromatic heterocycles. The number of allylic oxidation sites excluding steroid dienone is 1. The molecule has 162 valence electrons. The summed E-state index contributed by atoms with van der Waals surface area (Å²) in [4.78, 5) is 0. The van der Waals surface area contributed by atoms with Crippen molar-refractivity contribution in [1.82, 2.24) is 0 Å². The Kier molecular flexibility index (Phi) is 5.68. The van der Waals surface area contributed by atoms with Crippen LogP contribution in [0.25, 0.3) is 22.4 Å². The Morgan fingerprint density at radius 3 is 1.94 bits per heavy atom. The van der Waals surface area contributed by atoms with Crippen LogP contribution in [0.2, 0.25) is 0 Å². The third-order valence-corrected chi connectivity index (χ3v) is 8.78. The first kappa shape index (κ1) is 20.8. The lowest BCUT2D eigenvalue weighted by Gasteiger charge is -2.22. The van der Waals surface area contributed by atoms with E-state index in [1.54, 1.807) is 0 Å². The van der Waals surface area contributed by atoms with Gasteiger partial charge >= 0.3 is 0 Å². The molecule has 0 fully saturated rings. The summed E-state index contributed by atoms with van der Waals surface area (Å²) in [6, 6.07) is 46.2. The fraction of sp³-hybridized carbons (Fsp3) is 0.0303. The van der Waals surface area contributed by atoms with Crippen molar-refractivity contribution in [3.05, 3.63) is 155 Å². The highest BCUT2D eigenvalue weighted by molar-refractivity contribution is 7.75. The summed E-state index contributed by atoms with van der Waals surface area (Å²) in [6.45, 7) is 0. The van der Waals surface area contributed by atoms with Crippen LogP contribution >= 0.6 is 7.92 Å². The first-order chi connectivity index (χ1) is 16.9. The van der Waals surface area contributed by atoms with Gasteiger partial charge in [-0.1, -0.05) is 133 Å². The van der Waals surface area contributed by atoms with Crippen molar-refractivity contribution in [2.45, 2.75) is 6.42 Å². The normalized spacial score (nSPS) is 14.3. The van der Waals surface area contributed by atoms with Crippen LogP contribution in [0, 0.1) is 0 Å². The van der Waals surface area contributed by atoms with E-state index in [9.17, 15) is 0 Å². The number of rotatable bonds is 4. The molecular weight excluding hydrogens is 427 g/mol. The van der Waals surface area contributed by atoms with Gasteiger partial charge in [0.1, 0.15) is 0 Å². The van der Waals surface area contributed by atoms with Gasteiger partial charge in [-0.05, 0) is 68.7 Å². The Balaban J connectivity index is 1.63. The summed E-state index contributed by atoms with van der Waals surface area (Å²) >= 11 is 0. The minimum Gasteiger partial charge on any atom is -0.0722 e. The van der Waals surface area contributed by atoms with Gasteiger partial charge in [-0.15, -0.1) is 0 Å². The van der Waals surface area contributed by atoms with Gasteiger partial charge in [0.15, 0.2) is 0 Å². The minimum atomic E-state index is -0.626. The molecule has 0 bridgehead atoms. The largest absolute Gasteiger partial charge is 0.0722 e. The number of fused-ring (bicyclic) bond motifs is 2. The van der Waals surface area contributed by atoms with Crippen LogP contribution < -0.4 is 21.0 Å². The zero-order valence-electron chi connectivity index (χ0n) is 18.9. The van der Waals surface area contributed by atoms with E-state index >= 15 is 0 Å². The van der Waals surface area contributed by atoms with E-state index < -0.39 is 7.92 Å². The standard InChI is InChI=1S/C33H25P/c1-3-15-28(16-4-1)34(29-17-5-2-6-18-29)24-27-23-22-26-13-8-10-20-31(26)33(27)32-21-11-14-25-12-7-9-19-30(25)32/h1-22,24H,23H2. The average Bonchev–Trinajstić information content (AvgIpc) is 2.92. The molecular formula is C33H25P. The topological polar surface area (TPSA) is 0 Å². The summed E-state index contributed by atoms with van der Waals surface area (Å²) in [5.74, 6) is 2.56. The second kappa shape index (κ2) is 9.26. The third kappa shape index (κ3) is 3.92. The van der Waals surface area contributed by atoms with Gasteiger partial charge in [0, 0.05) is 0 Å². The fourth-order valence-electron chi connectivity index (χ4n) is 4.91. The lowest BCUT2D eigenvalue weighted by atomic mass is 9.87. The first-order valence-corrected chi connectivity index (χ1v) is 13.2. The van der Waals surface area contributed by atoms with Crippen LogP contribution in [0.15, 0.2) is 139 Å². The molecule has 5 aromatic rings. The van der Waals surface area contributed by atoms with Crippen LogP contribution in [0.1, 0.15) is 12.0 Å². The first-order valence-electron chi connectivity index (χ1n) is 11.8. The van der Waals surface area contributed by atoms with Gasteiger partial charge in [0.25, 0.3) is 0 Å². The maximum Gasteiger partial charge on any atom is -0.00634 e. The van der Waals surface area contributed by atoms with Gasteiger partial charge in [-0.25, -0.2) is 0 Å². The molecule has 1 heteroatoms. The second-order valence-electron chi connectivity index (χ2n) is 8.59. The zero-order chi connectivity index (χ0) is 22.7. The van der Waals surface area contributed by atoms with Crippen LogP contribution in [-0.4, -0.2) is 0 Å². The Hall–Kier alpha value is -3.73. The predicted octanol–water partition coefficient (Wildman–Crippen LogP) is 6.24. The molecule has 0 unspecified atom stereocenters. The molecule has 0 heterocycles. The smallest absolute Gasteiger partial charge is 0.00634 e. The average molecular weight is 453 g/mol. The molecule has 6 rings (SSSR count). The summed E-state index contributed by atoms with van der Waals surface area (Å²) in [6.07, 6.45) is 3.33. The number of benzene rings is 5. The maximum absolute atomic E-state index is 2.56. The predicted molar refractivity (Wildman–Crippen MR) is 148 cm³/mol. The second-order valence-corrected chi connectivity index (χ2v) is 10.6. The highest BCUT2D eigenvalue weighted by Crippen LogP contribution is 2.41. The van der Waals surface area contributed by atoms with E-state index in [4.69, 9.17) is 0 Å². The molecule has 0 atom stereocenters. The Labute approximate surface area is 202 Å². The highest BCUT2D eigenvalue weighted by atomic mass is 31.1. The van der Waals surface area contributed by atoms with E-state index in [1.165, 1.54) is 48.5 Å². The van der Waals surface area contributed by atoms with Crippen molar-refractivity contribution in [1.29, 1.82) is 0 Å². The SMILES string of the molecule is C(=C1CC=c2ccccc2=C1c1cccc2ccccc12)P(c1ccccc1)c1ccccc1. The van der Waals surface area contributed by atoms with Gasteiger partial charge in [-0.2, -0.15) is 0 Å². The van der Waals surface area contributed by atoms with Gasteiger partial charge < -0.3 is 0 Å². The zero-order valence-corrected chi connectivity index (χ0v) is 19.8. The molecule has 0 radical (unpaired) electrons. The summed E-state index contributed by atoms with van der Waals surface area (Å²) in [5, 5.41) is 8.01. The van der Waals surface area contributed by atoms with E-state index in [1.807, 2.05) is 0 Å². The Morgan fingerprint density at radius 2 is 1.18 bits per heavy atom. The van der Waals surface area contributed by atoms with Gasteiger partial charge in [0.2, 0.25) is 0 Å². The summed E-state index contributed by atoms with van der Waals surface area (Å²) in [7, 11) is -0.626. The number of hydrogen-bond donors (Lipinski definition) is 0. The molecule has 0 nitrogen and oxygen atoms in total. The van der Waals surface area contributed by atoms with E-state index in [0.717, 1.165) is 6.42 Å². The molecule has 0 N–H and O–H groups in total. The molecule has 0 saturated carbocycles. The molecule has 5 aromatic carbocycles. The maximum atomic E-state index is 2.56. The number of hydrogen-bond acceptors (Lipinski definition) is 0. The lowest BCUT2D eigenvalue weighted by molar-refractivity contribution is 1.29. The van der Waals surface area contributed by atoms with Crippen molar-refractivity contribution >= 4 is 41.0 Å². The van der Waals surface area contributed by atoms with Crippen molar-refractivity contribution in [3.63, 3.8) is 0 Å².